The van der Waals surface area contributed by atoms with Gasteiger partial charge in [0.25, 0.3) is 5.91 Å². The lowest BCUT2D eigenvalue weighted by Gasteiger charge is -2.07. The smallest absolute Gasteiger partial charge is 0.343 e. The van der Waals surface area contributed by atoms with E-state index in [-0.39, 0.29) is 12.5 Å². The van der Waals surface area contributed by atoms with Gasteiger partial charge in [-0.25, -0.2) is 10.2 Å². The van der Waals surface area contributed by atoms with Gasteiger partial charge in [0.05, 0.1) is 11.8 Å². The number of nitrogens with one attached hydrogen (secondary N) is 1. The third kappa shape index (κ3) is 6.04. The molecule has 0 saturated heterocycles. The molecule has 0 aliphatic rings. The number of hydrazone groups is 1. The fourth-order valence-electron chi connectivity index (χ4n) is 2.65. The van der Waals surface area contributed by atoms with Crippen molar-refractivity contribution in [2.45, 2.75) is 13.8 Å². The second kappa shape index (κ2) is 10.0. The molecule has 0 unspecified atom stereocenters. The first-order valence-corrected chi connectivity index (χ1v) is 9.40. The molecule has 0 heterocycles. The molecule has 3 aromatic rings. The summed E-state index contributed by atoms with van der Waals surface area (Å²) in [6, 6.07) is 21.5. The summed E-state index contributed by atoms with van der Waals surface area (Å²) < 4.78 is 10.8. The lowest BCUT2D eigenvalue weighted by atomic mass is 10.1. The number of ether oxygens (including phenoxy) is 2. The average Bonchev–Trinajstić information content (AvgIpc) is 2.74. The standard InChI is InChI=1S/C24H22N2O4/c1-17-6-5-8-21(14-17)29-16-23(27)26-25-15-19-10-12-20(13-11-19)30-24(28)22-9-4-3-7-18(22)2/h3-15H,16H2,1-2H3,(H,26,27). The first-order chi connectivity index (χ1) is 14.5. The van der Waals surface area contributed by atoms with E-state index >= 15 is 0 Å². The summed E-state index contributed by atoms with van der Waals surface area (Å²) >= 11 is 0. The maximum absolute atomic E-state index is 12.2. The molecule has 0 aliphatic heterocycles. The van der Waals surface area contributed by atoms with Crippen LogP contribution in [0.25, 0.3) is 0 Å². The predicted molar refractivity (Wildman–Crippen MR) is 115 cm³/mol. The molecule has 3 rings (SSSR count). The van der Waals surface area contributed by atoms with Crippen molar-refractivity contribution >= 4 is 18.1 Å². The lowest BCUT2D eigenvalue weighted by Crippen LogP contribution is -2.24. The SMILES string of the molecule is Cc1cccc(OCC(=O)NN=Cc2ccc(OC(=O)c3ccccc3C)cc2)c1. The molecular weight excluding hydrogens is 380 g/mol. The minimum absolute atomic E-state index is 0.130. The van der Waals surface area contributed by atoms with Gasteiger partial charge in [-0.1, -0.05) is 30.3 Å². The van der Waals surface area contributed by atoms with Crippen molar-refractivity contribution in [3.63, 3.8) is 0 Å². The van der Waals surface area contributed by atoms with E-state index in [1.54, 1.807) is 42.5 Å². The number of benzene rings is 3. The van der Waals surface area contributed by atoms with Gasteiger partial charge in [0.1, 0.15) is 11.5 Å². The van der Waals surface area contributed by atoms with Crippen LogP contribution in [0.1, 0.15) is 27.0 Å². The average molecular weight is 402 g/mol. The van der Waals surface area contributed by atoms with E-state index < -0.39 is 5.97 Å². The first-order valence-electron chi connectivity index (χ1n) is 9.40. The van der Waals surface area contributed by atoms with Crippen LogP contribution < -0.4 is 14.9 Å². The highest BCUT2D eigenvalue weighted by Crippen LogP contribution is 2.15. The number of nitrogens with zero attached hydrogens (tertiary/aromatic N) is 1. The van der Waals surface area contributed by atoms with Crippen molar-refractivity contribution in [3.05, 3.63) is 95.1 Å². The molecule has 1 amide bonds. The second-order valence-corrected chi connectivity index (χ2v) is 6.67. The fraction of sp³-hybridized carbons (Fsp3) is 0.125. The molecule has 0 aromatic heterocycles. The summed E-state index contributed by atoms with van der Waals surface area (Å²) in [5.41, 5.74) is 5.59. The predicted octanol–water partition coefficient (Wildman–Crippen LogP) is 4.05. The Kier molecular flexibility index (Phi) is 6.95. The van der Waals surface area contributed by atoms with Gasteiger partial charge in [0.2, 0.25) is 0 Å². The van der Waals surface area contributed by atoms with Crippen LogP contribution in [0.3, 0.4) is 0 Å². The number of aryl methyl sites for hydroxylation is 2. The molecule has 0 atom stereocenters. The summed E-state index contributed by atoms with van der Waals surface area (Å²) in [6.07, 6.45) is 1.50. The minimum Gasteiger partial charge on any atom is -0.484 e. The highest BCUT2D eigenvalue weighted by molar-refractivity contribution is 5.92. The number of hydrogen-bond donors (Lipinski definition) is 1. The molecule has 0 fully saturated rings. The van der Waals surface area contributed by atoms with Crippen molar-refractivity contribution in [2.24, 2.45) is 5.10 Å². The zero-order valence-corrected chi connectivity index (χ0v) is 16.8. The fourth-order valence-corrected chi connectivity index (χ4v) is 2.65. The Labute approximate surface area is 175 Å². The third-order valence-electron chi connectivity index (χ3n) is 4.22. The Morgan fingerprint density at radius 1 is 0.933 bits per heavy atom. The number of amides is 1. The van der Waals surface area contributed by atoms with Crippen LogP contribution in [0.15, 0.2) is 77.9 Å². The molecule has 0 saturated carbocycles. The topological polar surface area (TPSA) is 77.0 Å². The van der Waals surface area contributed by atoms with Gasteiger partial charge in [-0.3, -0.25) is 4.79 Å². The molecule has 30 heavy (non-hydrogen) atoms. The van der Waals surface area contributed by atoms with Gasteiger partial charge in [0, 0.05) is 0 Å². The summed E-state index contributed by atoms with van der Waals surface area (Å²) in [7, 11) is 0. The quantitative estimate of drug-likeness (QED) is 0.280. The Bertz CT molecular complexity index is 1060. The van der Waals surface area contributed by atoms with E-state index in [9.17, 15) is 9.59 Å². The first kappa shape index (κ1) is 20.8. The Hall–Kier alpha value is -3.93. The minimum atomic E-state index is -0.407. The zero-order valence-electron chi connectivity index (χ0n) is 16.8. The van der Waals surface area contributed by atoms with E-state index in [4.69, 9.17) is 9.47 Å². The van der Waals surface area contributed by atoms with Gasteiger partial charge in [-0.2, -0.15) is 5.10 Å². The summed E-state index contributed by atoms with van der Waals surface area (Å²) in [4.78, 5) is 24.1. The van der Waals surface area contributed by atoms with E-state index in [1.165, 1.54) is 6.21 Å². The van der Waals surface area contributed by atoms with Gasteiger partial charge in [0.15, 0.2) is 6.61 Å². The van der Waals surface area contributed by atoms with Gasteiger partial charge >= 0.3 is 5.97 Å². The molecule has 0 spiro atoms. The maximum atomic E-state index is 12.2. The lowest BCUT2D eigenvalue weighted by molar-refractivity contribution is -0.123. The molecule has 3 aromatic carbocycles. The molecule has 6 nitrogen and oxygen atoms in total. The van der Waals surface area contributed by atoms with Gasteiger partial charge in [-0.15, -0.1) is 0 Å². The Morgan fingerprint density at radius 2 is 1.70 bits per heavy atom. The van der Waals surface area contributed by atoms with E-state index in [0.29, 0.717) is 17.1 Å². The van der Waals surface area contributed by atoms with E-state index in [1.807, 2.05) is 44.2 Å². The molecular formula is C24H22N2O4. The van der Waals surface area contributed by atoms with Gasteiger partial charge in [-0.05, 0) is 73.0 Å². The monoisotopic (exact) mass is 402 g/mol. The van der Waals surface area contributed by atoms with Crippen molar-refractivity contribution in [2.75, 3.05) is 6.61 Å². The van der Waals surface area contributed by atoms with Crippen LogP contribution in [0.4, 0.5) is 0 Å². The molecule has 0 bridgehead atoms. The van der Waals surface area contributed by atoms with Crippen LogP contribution >= 0.6 is 0 Å². The number of esters is 1. The van der Waals surface area contributed by atoms with Crippen molar-refractivity contribution < 1.29 is 19.1 Å². The highest BCUT2D eigenvalue weighted by Gasteiger charge is 2.10. The number of carbonyl (C=O) groups excluding carboxylic acids is 2. The second-order valence-electron chi connectivity index (χ2n) is 6.67. The van der Waals surface area contributed by atoms with Crippen LogP contribution in [0.2, 0.25) is 0 Å². The number of carbonyl (C=O) groups is 2. The number of rotatable bonds is 7. The maximum Gasteiger partial charge on any atom is 0.343 e. The molecule has 0 radical (unpaired) electrons. The van der Waals surface area contributed by atoms with Crippen LogP contribution in [0.5, 0.6) is 11.5 Å². The van der Waals surface area contributed by atoms with Crippen LogP contribution in [-0.2, 0) is 4.79 Å². The van der Waals surface area contributed by atoms with Crippen molar-refractivity contribution in [3.8, 4) is 11.5 Å². The van der Waals surface area contributed by atoms with Crippen LogP contribution in [-0.4, -0.2) is 24.7 Å². The summed E-state index contributed by atoms with van der Waals surface area (Å²) in [5, 5.41) is 3.91. The molecule has 6 heteroatoms. The van der Waals surface area contributed by atoms with Crippen molar-refractivity contribution in [1.82, 2.24) is 5.43 Å². The van der Waals surface area contributed by atoms with E-state index in [2.05, 4.69) is 10.5 Å². The molecule has 0 aliphatic carbocycles. The molecule has 152 valence electrons. The third-order valence-corrected chi connectivity index (χ3v) is 4.22. The highest BCUT2D eigenvalue weighted by atomic mass is 16.5. The number of hydrogen-bond acceptors (Lipinski definition) is 5. The Morgan fingerprint density at radius 3 is 2.43 bits per heavy atom. The Balaban J connectivity index is 1.48. The molecule has 1 N–H and O–H groups in total. The summed E-state index contributed by atoms with van der Waals surface area (Å²) in [5.74, 6) is 0.285. The van der Waals surface area contributed by atoms with E-state index in [0.717, 1.165) is 16.7 Å². The largest absolute Gasteiger partial charge is 0.484 e. The van der Waals surface area contributed by atoms with Crippen molar-refractivity contribution in [1.29, 1.82) is 0 Å². The summed E-state index contributed by atoms with van der Waals surface area (Å²) in [6.45, 7) is 3.68. The van der Waals surface area contributed by atoms with Crippen LogP contribution in [0, 0.1) is 13.8 Å². The normalized spacial score (nSPS) is 10.6. The zero-order chi connectivity index (χ0) is 21.3. The van der Waals surface area contributed by atoms with Gasteiger partial charge < -0.3 is 9.47 Å².